The molecule has 8 nitrogen and oxygen atoms in total. The van der Waals surface area contributed by atoms with Crippen molar-refractivity contribution < 1.29 is 19.4 Å². The molecular formula is C29H22N2O6S2. The molecule has 0 bridgehead atoms. The van der Waals surface area contributed by atoms with Crippen molar-refractivity contribution in [2.75, 3.05) is 11.5 Å². The molecule has 0 amide bonds. The molecule has 4 rings (SSSR count). The highest BCUT2D eigenvalue weighted by Crippen LogP contribution is 2.34. The maximum absolute atomic E-state index is 12.7. The first-order valence-electron chi connectivity index (χ1n) is 11.9. The Hall–Kier alpha value is -4.28. The van der Waals surface area contributed by atoms with E-state index in [-0.39, 0.29) is 34.1 Å². The normalized spacial score (nSPS) is 10.7. The quantitative estimate of drug-likeness (QED) is 0.0586. The lowest BCUT2D eigenvalue weighted by molar-refractivity contribution is -0.387. The highest BCUT2D eigenvalue weighted by Gasteiger charge is 2.20. The van der Waals surface area contributed by atoms with Crippen LogP contribution >= 0.6 is 23.5 Å². The summed E-state index contributed by atoms with van der Waals surface area (Å²) in [6.45, 7) is 0. The van der Waals surface area contributed by atoms with Gasteiger partial charge in [-0.05, 0) is 42.2 Å². The lowest BCUT2D eigenvalue weighted by atomic mass is 10.0. The molecule has 0 saturated heterocycles. The van der Waals surface area contributed by atoms with Gasteiger partial charge in [0.15, 0.2) is 11.6 Å². The Morgan fingerprint density at radius 1 is 0.564 bits per heavy atom. The summed E-state index contributed by atoms with van der Waals surface area (Å²) in [5, 5.41) is 23.3. The van der Waals surface area contributed by atoms with Crippen LogP contribution in [0.15, 0.2) is 107 Å². The summed E-state index contributed by atoms with van der Waals surface area (Å²) in [7, 11) is 0. The van der Waals surface area contributed by atoms with Gasteiger partial charge in [-0.3, -0.25) is 29.8 Å². The van der Waals surface area contributed by atoms with Crippen LogP contribution in [-0.4, -0.2) is 32.9 Å². The maximum Gasteiger partial charge on any atom is 0.283 e. The van der Waals surface area contributed by atoms with E-state index < -0.39 is 9.85 Å². The van der Waals surface area contributed by atoms with Gasteiger partial charge in [0.05, 0.1) is 19.6 Å². The fourth-order valence-corrected chi connectivity index (χ4v) is 5.87. The zero-order chi connectivity index (χ0) is 27.8. The van der Waals surface area contributed by atoms with E-state index in [0.29, 0.717) is 38.8 Å². The number of hydrogen-bond acceptors (Lipinski definition) is 8. The van der Waals surface area contributed by atoms with Gasteiger partial charge in [-0.15, -0.1) is 23.5 Å². The van der Waals surface area contributed by atoms with Gasteiger partial charge in [0, 0.05) is 34.4 Å². The van der Waals surface area contributed by atoms with Crippen molar-refractivity contribution in [2.24, 2.45) is 0 Å². The molecule has 0 aliphatic heterocycles. The van der Waals surface area contributed by atoms with Crippen molar-refractivity contribution in [2.45, 2.75) is 16.2 Å². The summed E-state index contributed by atoms with van der Waals surface area (Å²) in [4.78, 5) is 48.6. The van der Waals surface area contributed by atoms with Crippen molar-refractivity contribution in [3.8, 4) is 0 Å². The van der Waals surface area contributed by atoms with Crippen molar-refractivity contribution in [1.82, 2.24) is 0 Å². The number of nitro groups is 2. The third-order valence-electron chi connectivity index (χ3n) is 5.71. The molecule has 0 radical (unpaired) electrons. The Labute approximate surface area is 232 Å². The van der Waals surface area contributed by atoms with Gasteiger partial charge in [-0.2, -0.15) is 0 Å². The molecular weight excluding hydrogens is 536 g/mol. The summed E-state index contributed by atoms with van der Waals surface area (Å²) < 4.78 is 0. The van der Waals surface area contributed by atoms with Crippen LogP contribution in [0.25, 0.3) is 0 Å². The van der Waals surface area contributed by atoms with Gasteiger partial charge < -0.3 is 0 Å². The summed E-state index contributed by atoms with van der Waals surface area (Å²) in [6.07, 6.45) is 0.624. The highest BCUT2D eigenvalue weighted by molar-refractivity contribution is 8.00. The molecule has 0 unspecified atom stereocenters. The van der Waals surface area contributed by atoms with E-state index in [1.165, 1.54) is 35.7 Å². The van der Waals surface area contributed by atoms with Gasteiger partial charge in [0.1, 0.15) is 0 Å². The predicted octanol–water partition coefficient (Wildman–Crippen LogP) is 7.24. The molecule has 4 aromatic carbocycles. The van der Waals surface area contributed by atoms with Crippen LogP contribution in [0.3, 0.4) is 0 Å². The molecule has 0 saturated carbocycles. The molecule has 4 aromatic rings. The number of thioether (sulfide) groups is 2. The van der Waals surface area contributed by atoms with E-state index in [1.807, 2.05) is 0 Å². The molecule has 0 fully saturated rings. The van der Waals surface area contributed by atoms with Crippen LogP contribution in [0, 0.1) is 20.2 Å². The molecule has 10 heteroatoms. The molecule has 39 heavy (non-hydrogen) atoms. The Kier molecular flexibility index (Phi) is 9.24. The lowest BCUT2D eigenvalue weighted by Gasteiger charge is -2.07. The zero-order valence-electron chi connectivity index (χ0n) is 20.5. The van der Waals surface area contributed by atoms with Crippen molar-refractivity contribution >= 4 is 46.5 Å². The van der Waals surface area contributed by atoms with Gasteiger partial charge in [-0.1, -0.05) is 60.7 Å². The highest BCUT2D eigenvalue weighted by atomic mass is 32.2. The standard InChI is InChI=1S/C29H22N2O6S2/c32-28(20-8-3-1-4-9-20)22-12-14-26(24(18-22)30(34)35)38-16-7-17-39-27-15-13-23(19-25(27)31(36)37)29(33)21-10-5-2-6-11-21/h1-6,8-15,18-19H,7,16-17H2. The summed E-state index contributed by atoms with van der Waals surface area (Å²) in [6, 6.07) is 26.1. The number of benzene rings is 4. The molecule has 0 N–H and O–H groups in total. The number of ketones is 2. The minimum atomic E-state index is -0.499. The molecule has 0 spiro atoms. The van der Waals surface area contributed by atoms with Crippen LogP contribution in [0.5, 0.6) is 0 Å². The first-order valence-corrected chi connectivity index (χ1v) is 13.8. The fraction of sp³-hybridized carbons (Fsp3) is 0.103. The van der Waals surface area contributed by atoms with E-state index in [0.717, 1.165) is 0 Å². The molecule has 0 atom stereocenters. The Bertz CT molecular complexity index is 1410. The van der Waals surface area contributed by atoms with Crippen LogP contribution in [0.1, 0.15) is 38.3 Å². The molecule has 0 aliphatic carbocycles. The van der Waals surface area contributed by atoms with Crippen LogP contribution in [-0.2, 0) is 0 Å². The predicted molar refractivity (Wildman–Crippen MR) is 152 cm³/mol. The van der Waals surface area contributed by atoms with E-state index in [2.05, 4.69) is 0 Å². The summed E-state index contributed by atoms with van der Waals surface area (Å²) in [5.41, 5.74) is 1.13. The van der Waals surface area contributed by atoms with E-state index in [1.54, 1.807) is 84.9 Å². The van der Waals surface area contributed by atoms with Gasteiger partial charge >= 0.3 is 0 Å². The van der Waals surface area contributed by atoms with Crippen LogP contribution < -0.4 is 0 Å². The monoisotopic (exact) mass is 558 g/mol. The first-order chi connectivity index (χ1) is 18.8. The molecule has 196 valence electrons. The number of rotatable bonds is 12. The van der Waals surface area contributed by atoms with E-state index >= 15 is 0 Å². The topological polar surface area (TPSA) is 120 Å². The third kappa shape index (κ3) is 6.98. The molecule has 0 heterocycles. The first kappa shape index (κ1) is 27.7. The summed E-state index contributed by atoms with van der Waals surface area (Å²) >= 11 is 2.59. The number of nitrogens with zero attached hydrogens (tertiary/aromatic N) is 2. The minimum Gasteiger partial charge on any atom is -0.289 e. The van der Waals surface area contributed by atoms with Crippen LogP contribution in [0.2, 0.25) is 0 Å². The van der Waals surface area contributed by atoms with Gasteiger partial charge in [0.2, 0.25) is 0 Å². The largest absolute Gasteiger partial charge is 0.289 e. The zero-order valence-corrected chi connectivity index (χ0v) is 22.2. The average Bonchev–Trinajstić information content (AvgIpc) is 2.97. The summed E-state index contributed by atoms with van der Waals surface area (Å²) in [5.74, 6) is 0.505. The second-order valence-corrected chi connectivity index (χ2v) is 10.6. The Balaban J connectivity index is 1.37. The van der Waals surface area contributed by atoms with Gasteiger partial charge in [0.25, 0.3) is 11.4 Å². The smallest absolute Gasteiger partial charge is 0.283 e. The molecule has 0 aliphatic rings. The second-order valence-electron chi connectivity index (χ2n) is 8.32. The average molecular weight is 559 g/mol. The second kappa shape index (κ2) is 13.0. The minimum absolute atomic E-state index is 0.135. The van der Waals surface area contributed by atoms with Gasteiger partial charge in [-0.25, -0.2) is 0 Å². The molecule has 0 aromatic heterocycles. The SMILES string of the molecule is O=C(c1ccccc1)c1ccc(SCCCSc2ccc(C(=O)c3ccccc3)cc2[N+](=O)[O-])c([N+](=O)[O-])c1. The third-order valence-corrected chi connectivity index (χ3v) is 8.01. The van der Waals surface area contributed by atoms with E-state index in [9.17, 15) is 29.8 Å². The fourth-order valence-electron chi connectivity index (χ4n) is 3.78. The number of hydrogen-bond donors (Lipinski definition) is 0. The van der Waals surface area contributed by atoms with E-state index in [4.69, 9.17) is 0 Å². The Morgan fingerprint density at radius 2 is 0.949 bits per heavy atom. The van der Waals surface area contributed by atoms with Crippen molar-refractivity contribution in [3.63, 3.8) is 0 Å². The number of nitro benzene ring substituents is 2. The number of carbonyl (C=O) groups excluding carboxylic acids is 2. The Morgan fingerprint density at radius 3 is 1.31 bits per heavy atom. The van der Waals surface area contributed by atoms with Crippen molar-refractivity contribution in [3.05, 3.63) is 140 Å². The van der Waals surface area contributed by atoms with Crippen molar-refractivity contribution in [1.29, 1.82) is 0 Å². The van der Waals surface area contributed by atoms with Crippen LogP contribution in [0.4, 0.5) is 11.4 Å². The lowest BCUT2D eigenvalue weighted by Crippen LogP contribution is -2.03. The number of carbonyl (C=O) groups is 2. The maximum atomic E-state index is 12.7.